The minimum Gasteiger partial charge on any atom is -0.311 e. The maximum absolute atomic E-state index is 12.3. The van der Waals surface area contributed by atoms with Crippen LogP contribution in [-0.2, 0) is 9.59 Å². The lowest BCUT2D eigenvalue weighted by molar-refractivity contribution is -0.122. The summed E-state index contributed by atoms with van der Waals surface area (Å²) in [5.41, 5.74) is 2.16. The van der Waals surface area contributed by atoms with E-state index in [0.717, 1.165) is 11.3 Å². The normalized spacial score (nSPS) is 17.6. The number of halogens is 1. The summed E-state index contributed by atoms with van der Waals surface area (Å²) in [7, 11) is 0. The molecule has 1 unspecified atom stereocenters. The Bertz CT molecular complexity index is 774. The molecule has 1 atom stereocenters. The van der Waals surface area contributed by atoms with Crippen LogP contribution in [0, 0.1) is 19.8 Å². The molecule has 0 spiro atoms. The van der Waals surface area contributed by atoms with Crippen LogP contribution in [0.1, 0.15) is 17.7 Å². The molecule has 1 fully saturated rings. The van der Waals surface area contributed by atoms with Crippen LogP contribution in [0.25, 0.3) is 0 Å². The Morgan fingerprint density at radius 1 is 1.39 bits per heavy atom. The lowest BCUT2D eigenvalue weighted by Crippen LogP contribution is -2.28. The van der Waals surface area contributed by atoms with E-state index in [2.05, 4.69) is 20.3 Å². The smallest absolute Gasteiger partial charge is 0.231 e. The molecule has 1 saturated heterocycles. The molecule has 0 radical (unpaired) electrons. The van der Waals surface area contributed by atoms with Gasteiger partial charge in [-0.15, -0.1) is 0 Å². The van der Waals surface area contributed by atoms with E-state index < -0.39 is 5.92 Å². The highest BCUT2D eigenvalue weighted by Gasteiger charge is 2.36. The van der Waals surface area contributed by atoms with Crippen molar-refractivity contribution in [3.63, 3.8) is 0 Å². The molecule has 1 aliphatic heterocycles. The zero-order valence-corrected chi connectivity index (χ0v) is 13.4. The van der Waals surface area contributed by atoms with Crippen molar-refractivity contribution in [1.82, 2.24) is 10.3 Å². The van der Waals surface area contributed by atoms with Crippen molar-refractivity contribution in [2.45, 2.75) is 20.3 Å². The molecule has 7 nitrogen and oxygen atoms in total. The number of aromatic nitrogens is 2. The monoisotopic (exact) mass is 334 g/mol. The molecule has 8 heteroatoms. The number of amides is 2. The molecular formula is C15H15ClN4O3. The number of benzene rings is 1. The molecule has 23 heavy (non-hydrogen) atoms. The number of anilines is 2. The van der Waals surface area contributed by atoms with Gasteiger partial charge in [0.1, 0.15) is 5.69 Å². The van der Waals surface area contributed by atoms with Gasteiger partial charge in [0.25, 0.3) is 0 Å². The molecule has 3 rings (SSSR count). The summed E-state index contributed by atoms with van der Waals surface area (Å²) in [5, 5.41) is 10.4. The fraction of sp³-hybridized carbons (Fsp3) is 0.333. The van der Waals surface area contributed by atoms with E-state index in [0.29, 0.717) is 17.3 Å². The van der Waals surface area contributed by atoms with Gasteiger partial charge in [0.15, 0.2) is 5.82 Å². The summed E-state index contributed by atoms with van der Waals surface area (Å²) < 4.78 is 4.54. The van der Waals surface area contributed by atoms with Gasteiger partial charge in [0.2, 0.25) is 11.8 Å². The van der Waals surface area contributed by atoms with E-state index in [1.807, 2.05) is 13.0 Å². The highest BCUT2D eigenvalue weighted by Crippen LogP contribution is 2.30. The SMILES string of the molecule is Cc1ccc(Cl)cc1N1CC(C(=O)Nc2nonc2C)CC1=O. The summed E-state index contributed by atoms with van der Waals surface area (Å²) in [6, 6.07) is 5.36. The highest BCUT2D eigenvalue weighted by molar-refractivity contribution is 6.31. The average Bonchev–Trinajstić information content (AvgIpc) is 3.08. The standard InChI is InChI=1S/C15H15ClN4O3/c1-8-3-4-11(16)6-12(8)20-7-10(5-13(20)21)15(22)17-14-9(2)18-23-19-14/h3-4,6,10H,5,7H2,1-2H3,(H,17,19,22). The van der Waals surface area contributed by atoms with Crippen LogP contribution in [0.4, 0.5) is 11.5 Å². The van der Waals surface area contributed by atoms with Gasteiger partial charge in [-0.05, 0) is 36.7 Å². The van der Waals surface area contributed by atoms with E-state index >= 15 is 0 Å². The third-order valence-electron chi connectivity index (χ3n) is 3.85. The number of nitrogens with zero attached hydrogens (tertiary/aromatic N) is 3. The fourth-order valence-electron chi connectivity index (χ4n) is 2.55. The first-order valence-electron chi connectivity index (χ1n) is 7.12. The number of aryl methyl sites for hydroxylation is 2. The zero-order chi connectivity index (χ0) is 16.6. The van der Waals surface area contributed by atoms with Gasteiger partial charge in [0, 0.05) is 23.7 Å². The van der Waals surface area contributed by atoms with Crippen molar-refractivity contribution in [1.29, 1.82) is 0 Å². The molecule has 1 aliphatic rings. The Kier molecular flexibility index (Phi) is 4.04. The van der Waals surface area contributed by atoms with E-state index in [4.69, 9.17) is 11.6 Å². The summed E-state index contributed by atoms with van der Waals surface area (Å²) in [6.07, 6.45) is 0.141. The molecule has 120 valence electrons. The maximum Gasteiger partial charge on any atom is 0.231 e. The van der Waals surface area contributed by atoms with Gasteiger partial charge in [-0.25, -0.2) is 4.63 Å². The molecule has 1 aromatic heterocycles. The molecule has 1 N–H and O–H groups in total. The number of carbonyl (C=O) groups excluding carboxylic acids is 2. The minimum absolute atomic E-state index is 0.106. The second-order valence-corrected chi connectivity index (χ2v) is 5.96. The van der Waals surface area contributed by atoms with E-state index in [1.165, 1.54) is 0 Å². The molecule has 0 aliphatic carbocycles. The number of carbonyl (C=O) groups is 2. The average molecular weight is 335 g/mol. The minimum atomic E-state index is -0.461. The predicted octanol–water partition coefficient (Wildman–Crippen LogP) is 2.33. The number of hydrogen-bond donors (Lipinski definition) is 1. The van der Waals surface area contributed by atoms with Crippen LogP contribution in [0.15, 0.2) is 22.8 Å². The fourth-order valence-corrected chi connectivity index (χ4v) is 2.72. The van der Waals surface area contributed by atoms with Gasteiger partial charge in [-0.3, -0.25) is 9.59 Å². The first-order valence-corrected chi connectivity index (χ1v) is 7.50. The molecule has 0 saturated carbocycles. The van der Waals surface area contributed by atoms with Crippen LogP contribution < -0.4 is 10.2 Å². The largest absolute Gasteiger partial charge is 0.311 e. The second-order valence-electron chi connectivity index (χ2n) is 5.52. The lowest BCUT2D eigenvalue weighted by Gasteiger charge is -2.19. The second kappa shape index (κ2) is 6.00. The van der Waals surface area contributed by atoms with Crippen LogP contribution in [-0.4, -0.2) is 28.7 Å². The Morgan fingerprint density at radius 2 is 2.17 bits per heavy atom. The predicted molar refractivity (Wildman–Crippen MR) is 84.3 cm³/mol. The lowest BCUT2D eigenvalue weighted by atomic mass is 10.1. The molecule has 2 heterocycles. The summed E-state index contributed by atoms with van der Waals surface area (Å²) in [4.78, 5) is 26.2. The Hall–Kier alpha value is -2.41. The van der Waals surface area contributed by atoms with Crippen molar-refractivity contribution in [2.75, 3.05) is 16.8 Å². The molecule has 1 aromatic carbocycles. The number of nitrogens with one attached hydrogen (secondary N) is 1. The van der Waals surface area contributed by atoms with Gasteiger partial charge in [-0.1, -0.05) is 22.8 Å². The Labute approximate surface area is 137 Å². The van der Waals surface area contributed by atoms with Crippen molar-refractivity contribution in [3.8, 4) is 0 Å². The third kappa shape index (κ3) is 3.05. The zero-order valence-electron chi connectivity index (χ0n) is 12.7. The van der Waals surface area contributed by atoms with Gasteiger partial charge in [0.05, 0.1) is 5.92 Å². The van der Waals surface area contributed by atoms with Gasteiger partial charge < -0.3 is 10.2 Å². The highest BCUT2D eigenvalue weighted by atomic mass is 35.5. The van der Waals surface area contributed by atoms with Crippen LogP contribution in [0.2, 0.25) is 5.02 Å². The molecule has 2 amide bonds. The Balaban J connectivity index is 1.76. The molecular weight excluding hydrogens is 320 g/mol. The third-order valence-corrected chi connectivity index (χ3v) is 4.09. The Morgan fingerprint density at radius 3 is 2.87 bits per heavy atom. The topological polar surface area (TPSA) is 88.3 Å². The van der Waals surface area contributed by atoms with E-state index in [1.54, 1.807) is 24.0 Å². The first-order chi connectivity index (χ1) is 11.0. The quantitative estimate of drug-likeness (QED) is 0.930. The number of hydrogen-bond acceptors (Lipinski definition) is 5. The van der Waals surface area contributed by atoms with Gasteiger partial charge >= 0.3 is 0 Å². The maximum atomic E-state index is 12.3. The van der Waals surface area contributed by atoms with E-state index in [9.17, 15) is 9.59 Å². The van der Waals surface area contributed by atoms with Crippen molar-refractivity contribution in [3.05, 3.63) is 34.5 Å². The van der Waals surface area contributed by atoms with Crippen molar-refractivity contribution >= 4 is 34.9 Å². The van der Waals surface area contributed by atoms with Crippen LogP contribution >= 0.6 is 11.6 Å². The molecule has 0 bridgehead atoms. The van der Waals surface area contributed by atoms with Crippen molar-refractivity contribution < 1.29 is 14.2 Å². The summed E-state index contributed by atoms with van der Waals surface area (Å²) in [5.74, 6) is -0.568. The van der Waals surface area contributed by atoms with Gasteiger partial charge in [-0.2, -0.15) is 0 Å². The number of rotatable bonds is 3. The van der Waals surface area contributed by atoms with E-state index in [-0.39, 0.29) is 24.1 Å². The van der Waals surface area contributed by atoms with Crippen LogP contribution in [0.3, 0.4) is 0 Å². The summed E-state index contributed by atoms with van der Waals surface area (Å²) >= 11 is 6.01. The summed E-state index contributed by atoms with van der Waals surface area (Å²) in [6.45, 7) is 3.88. The van der Waals surface area contributed by atoms with Crippen LogP contribution in [0.5, 0.6) is 0 Å². The first kappa shape index (κ1) is 15.5. The molecule has 2 aromatic rings. The van der Waals surface area contributed by atoms with Crippen molar-refractivity contribution in [2.24, 2.45) is 5.92 Å².